The Balaban J connectivity index is 1.85. The van der Waals surface area contributed by atoms with Crippen LogP contribution in [0.5, 0.6) is 0 Å². The van der Waals surface area contributed by atoms with Crippen molar-refractivity contribution >= 4 is 11.4 Å². The molecule has 1 saturated carbocycles. The van der Waals surface area contributed by atoms with E-state index in [1.165, 1.54) is 50.8 Å². The summed E-state index contributed by atoms with van der Waals surface area (Å²) in [6.45, 7) is 1.17. The van der Waals surface area contributed by atoms with Gasteiger partial charge < -0.3 is 10.6 Å². The van der Waals surface area contributed by atoms with E-state index in [-0.39, 0.29) is 0 Å². The molecule has 17 heavy (non-hydrogen) atoms. The number of piperidine rings is 1. The minimum Gasteiger partial charge on any atom is -0.397 e. The lowest BCUT2D eigenvalue weighted by atomic mass is 9.78. The Kier molecular flexibility index (Phi) is 2.91. The molecule has 0 radical (unpaired) electrons. The third-order valence-corrected chi connectivity index (χ3v) is 4.32. The topological polar surface area (TPSA) is 42.1 Å². The van der Waals surface area contributed by atoms with Crippen LogP contribution < -0.4 is 10.6 Å². The van der Waals surface area contributed by atoms with Crippen LogP contribution >= 0.6 is 0 Å². The predicted molar refractivity (Wildman–Crippen MR) is 71.0 cm³/mol. The number of rotatable bonds is 1. The van der Waals surface area contributed by atoms with Gasteiger partial charge in [0.05, 0.1) is 17.6 Å². The maximum absolute atomic E-state index is 5.84. The first-order valence-electron chi connectivity index (χ1n) is 6.82. The Labute approximate surface area is 103 Å². The van der Waals surface area contributed by atoms with Crippen molar-refractivity contribution in [1.82, 2.24) is 4.98 Å². The monoisotopic (exact) mass is 231 g/mol. The Morgan fingerprint density at radius 2 is 1.94 bits per heavy atom. The summed E-state index contributed by atoms with van der Waals surface area (Å²) in [5.41, 5.74) is 7.85. The average Bonchev–Trinajstić information content (AvgIpc) is 2.38. The Morgan fingerprint density at radius 1 is 1.12 bits per heavy atom. The van der Waals surface area contributed by atoms with E-state index < -0.39 is 0 Å². The van der Waals surface area contributed by atoms with Gasteiger partial charge in [0, 0.05) is 18.8 Å². The van der Waals surface area contributed by atoms with Crippen molar-refractivity contribution < 1.29 is 0 Å². The van der Waals surface area contributed by atoms with Crippen LogP contribution in [0.4, 0.5) is 11.4 Å². The normalized spacial score (nSPS) is 28.8. The van der Waals surface area contributed by atoms with Crippen molar-refractivity contribution in [1.29, 1.82) is 0 Å². The number of nitrogen functional groups attached to an aromatic ring is 1. The Bertz CT molecular complexity index is 389. The number of aromatic nitrogens is 1. The maximum Gasteiger partial charge on any atom is 0.0576 e. The van der Waals surface area contributed by atoms with Gasteiger partial charge in [-0.1, -0.05) is 12.8 Å². The first-order chi connectivity index (χ1) is 8.34. The molecular weight excluding hydrogens is 210 g/mol. The number of hydrogen-bond donors (Lipinski definition) is 1. The van der Waals surface area contributed by atoms with Crippen LogP contribution in [0.3, 0.4) is 0 Å². The van der Waals surface area contributed by atoms with Gasteiger partial charge >= 0.3 is 0 Å². The second-order valence-electron chi connectivity index (χ2n) is 5.42. The number of anilines is 2. The molecular formula is C14H21N3. The number of pyridine rings is 1. The molecule has 2 unspecified atom stereocenters. The van der Waals surface area contributed by atoms with Gasteiger partial charge in [0.15, 0.2) is 0 Å². The molecule has 1 aromatic rings. The molecule has 2 aliphatic rings. The zero-order valence-corrected chi connectivity index (χ0v) is 10.3. The van der Waals surface area contributed by atoms with Gasteiger partial charge in [-0.15, -0.1) is 0 Å². The average molecular weight is 231 g/mol. The first-order valence-corrected chi connectivity index (χ1v) is 6.82. The largest absolute Gasteiger partial charge is 0.397 e. The molecule has 0 bridgehead atoms. The van der Waals surface area contributed by atoms with Crippen LogP contribution in [-0.4, -0.2) is 17.6 Å². The van der Waals surface area contributed by atoms with Gasteiger partial charge in [0.2, 0.25) is 0 Å². The fraction of sp³-hybridized carbons (Fsp3) is 0.643. The lowest BCUT2D eigenvalue weighted by Crippen LogP contribution is -2.46. The van der Waals surface area contributed by atoms with Crippen molar-refractivity contribution in [2.45, 2.75) is 44.6 Å². The van der Waals surface area contributed by atoms with Gasteiger partial charge in [0.25, 0.3) is 0 Å². The van der Waals surface area contributed by atoms with E-state index in [1.807, 2.05) is 6.20 Å². The van der Waals surface area contributed by atoms with Crippen molar-refractivity contribution in [3.8, 4) is 0 Å². The molecule has 1 aromatic heterocycles. The third-order valence-electron chi connectivity index (χ3n) is 4.32. The molecule has 1 saturated heterocycles. The second kappa shape index (κ2) is 4.55. The summed E-state index contributed by atoms with van der Waals surface area (Å²) in [4.78, 5) is 6.78. The molecule has 3 heteroatoms. The van der Waals surface area contributed by atoms with E-state index >= 15 is 0 Å². The van der Waals surface area contributed by atoms with Gasteiger partial charge in [0.1, 0.15) is 0 Å². The summed E-state index contributed by atoms with van der Waals surface area (Å²) in [7, 11) is 0. The van der Waals surface area contributed by atoms with Crippen LogP contribution in [0.1, 0.15) is 38.5 Å². The van der Waals surface area contributed by atoms with E-state index in [0.29, 0.717) is 0 Å². The zero-order chi connectivity index (χ0) is 11.7. The van der Waals surface area contributed by atoms with Crippen molar-refractivity contribution in [3.63, 3.8) is 0 Å². The summed E-state index contributed by atoms with van der Waals surface area (Å²) in [5.74, 6) is 0.902. The van der Waals surface area contributed by atoms with E-state index in [2.05, 4.69) is 16.0 Å². The summed E-state index contributed by atoms with van der Waals surface area (Å²) < 4.78 is 0. The molecule has 2 N–H and O–H groups in total. The zero-order valence-electron chi connectivity index (χ0n) is 10.3. The van der Waals surface area contributed by atoms with Crippen molar-refractivity contribution in [2.75, 3.05) is 17.2 Å². The lowest BCUT2D eigenvalue weighted by molar-refractivity contribution is 0.244. The lowest BCUT2D eigenvalue weighted by Gasteiger charge is -2.45. The highest BCUT2D eigenvalue weighted by molar-refractivity contribution is 5.54. The predicted octanol–water partition coefficient (Wildman–Crippen LogP) is 2.82. The number of nitrogens with zero attached hydrogens (tertiary/aromatic N) is 2. The van der Waals surface area contributed by atoms with Gasteiger partial charge in [-0.2, -0.15) is 0 Å². The van der Waals surface area contributed by atoms with Crippen LogP contribution in [0.25, 0.3) is 0 Å². The molecule has 92 valence electrons. The summed E-state index contributed by atoms with van der Waals surface area (Å²) >= 11 is 0. The quantitative estimate of drug-likeness (QED) is 0.808. The summed E-state index contributed by atoms with van der Waals surface area (Å²) in [6.07, 6.45) is 12.0. The highest BCUT2D eigenvalue weighted by Crippen LogP contribution is 2.37. The van der Waals surface area contributed by atoms with Crippen LogP contribution in [0, 0.1) is 5.92 Å². The van der Waals surface area contributed by atoms with Crippen molar-refractivity contribution in [3.05, 3.63) is 18.5 Å². The summed E-state index contributed by atoms with van der Waals surface area (Å²) in [5, 5.41) is 0. The number of nitrogens with two attached hydrogens (primary N) is 1. The highest BCUT2D eigenvalue weighted by Gasteiger charge is 2.33. The van der Waals surface area contributed by atoms with Crippen molar-refractivity contribution in [2.24, 2.45) is 5.92 Å². The van der Waals surface area contributed by atoms with E-state index in [1.54, 1.807) is 6.20 Å². The van der Waals surface area contributed by atoms with Gasteiger partial charge in [-0.05, 0) is 37.7 Å². The molecule has 0 amide bonds. The van der Waals surface area contributed by atoms with Crippen LogP contribution in [0.15, 0.2) is 18.5 Å². The molecule has 1 aliphatic heterocycles. The maximum atomic E-state index is 5.84. The van der Waals surface area contributed by atoms with E-state index in [4.69, 9.17) is 5.73 Å². The molecule has 3 rings (SSSR count). The molecule has 0 aromatic carbocycles. The van der Waals surface area contributed by atoms with E-state index in [0.717, 1.165) is 17.6 Å². The molecule has 2 heterocycles. The minimum absolute atomic E-state index is 0.737. The SMILES string of the molecule is Nc1cncc(N2CCCC3CCCCC32)c1. The smallest absolute Gasteiger partial charge is 0.0576 e. The molecule has 1 aliphatic carbocycles. The third kappa shape index (κ3) is 2.11. The molecule has 2 atom stereocenters. The number of hydrogen-bond acceptors (Lipinski definition) is 3. The highest BCUT2D eigenvalue weighted by atomic mass is 15.2. The second-order valence-corrected chi connectivity index (χ2v) is 5.42. The standard InChI is InChI=1S/C14H21N3/c15-12-8-13(10-16-9-12)17-7-3-5-11-4-1-2-6-14(11)17/h8-11,14H,1-7,15H2. The molecule has 2 fully saturated rings. The Hall–Kier alpha value is -1.25. The van der Waals surface area contributed by atoms with Crippen LogP contribution in [-0.2, 0) is 0 Å². The Morgan fingerprint density at radius 3 is 2.82 bits per heavy atom. The minimum atomic E-state index is 0.737. The van der Waals surface area contributed by atoms with Gasteiger partial charge in [-0.3, -0.25) is 4.98 Å². The number of fused-ring (bicyclic) bond motifs is 1. The van der Waals surface area contributed by atoms with E-state index in [9.17, 15) is 0 Å². The first kappa shape index (κ1) is 10.9. The molecule has 3 nitrogen and oxygen atoms in total. The summed E-state index contributed by atoms with van der Waals surface area (Å²) in [6, 6.07) is 2.81. The fourth-order valence-corrected chi connectivity index (χ4v) is 3.55. The molecule has 0 spiro atoms. The van der Waals surface area contributed by atoms with Gasteiger partial charge in [-0.25, -0.2) is 0 Å². The fourth-order valence-electron chi connectivity index (χ4n) is 3.55. The van der Waals surface area contributed by atoms with Crippen LogP contribution in [0.2, 0.25) is 0 Å².